The van der Waals surface area contributed by atoms with Crippen LogP contribution in [0.3, 0.4) is 0 Å². The van der Waals surface area contributed by atoms with Gasteiger partial charge in [-0.3, -0.25) is 4.79 Å². The van der Waals surface area contributed by atoms with Gasteiger partial charge >= 0.3 is 0 Å². The average Bonchev–Trinajstić information content (AvgIpc) is 2.45. The maximum absolute atomic E-state index is 11.6. The molecule has 1 amide bonds. The highest BCUT2D eigenvalue weighted by molar-refractivity contribution is 8.00. The summed E-state index contributed by atoms with van der Waals surface area (Å²) in [4.78, 5) is 12.7. The molecule has 0 fully saturated rings. The van der Waals surface area contributed by atoms with Crippen LogP contribution < -0.4 is 10.1 Å². The largest absolute Gasteiger partial charge is 0.497 e. The molecule has 0 spiro atoms. The minimum atomic E-state index is 0.0513. The fourth-order valence-electron chi connectivity index (χ4n) is 1.49. The van der Waals surface area contributed by atoms with Gasteiger partial charge in [-0.15, -0.1) is 11.8 Å². The molecule has 0 atom stereocenters. The highest BCUT2D eigenvalue weighted by Crippen LogP contribution is 2.20. The van der Waals surface area contributed by atoms with E-state index in [2.05, 4.69) is 5.32 Å². The van der Waals surface area contributed by atoms with E-state index in [1.54, 1.807) is 7.11 Å². The molecule has 112 valence electrons. The van der Waals surface area contributed by atoms with Crippen molar-refractivity contribution in [2.75, 3.05) is 26.0 Å². The second-order valence-electron chi connectivity index (χ2n) is 4.59. The van der Waals surface area contributed by atoms with Gasteiger partial charge in [0.2, 0.25) is 5.91 Å². The van der Waals surface area contributed by atoms with Crippen molar-refractivity contribution in [2.24, 2.45) is 0 Å². The molecule has 20 heavy (non-hydrogen) atoms. The molecule has 0 saturated heterocycles. The van der Waals surface area contributed by atoms with Crippen LogP contribution in [0.25, 0.3) is 0 Å². The van der Waals surface area contributed by atoms with Crippen LogP contribution in [0.2, 0.25) is 0 Å². The summed E-state index contributed by atoms with van der Waals surface area (Å²) in [5, 5.41) is 2.88. The van der Waals surface area contributed by atoms with Crippen LogP contribution in [0.4, 0.5) is 0 Å². The number of methoxy groups -OCH3 is 1. The third-order valence-electron chi connectivity index (χ3n) is 2.52. The van der Waals surface area contributed by atoms with Crippen LogP contribution in [-0.2, 0) is 9.53 Å². The summed E-state index contributed by atoms with van der Waals surface area (Å²) in [7, 11) is 1.64. The summed E-state index contributed by atoms with van der Waals surface area (Å²) in [6, 6.07) is 7.69. The first kappa shape index (κ1) is 16.9. The predicted molar refractivity (Wildman–Crippen MR) is 82.4 cm³/mol. The number of ether oxygens (including phenoxy) is 2. The lowest BCUT2D eigenvalue weighted by Gasteiger charge is -2.08. The zero-order valence-electron chi connectivity index (χ0n) is 12.3. The highest BCUT2D eigenvalue weighted by atomic mass is 32.2. The maximum Gasteiger partial charge on any atom is 0.230 e. The standard InChI is InChI=1S/C15H23NO3S/c1-12(2)19-10-4-9-16-15(17)11-20-14-7-5-13(18-3)6-8-14/h5-8,12H,4,9-11H2,1-3H3,(H,16,17). The molecule has 0 aliphatic carbocycles. The van der Waals surface area contributed by atoms with E-state index in [1.165, 1.54) is 11.8 Å². The van der Waals surface area contributed by atoms with E-state index >= 15 is 0 Å². The number of thioether (sulfide) groups is 1. The van der Waals surface area contributed by atoms with Gasteiger partial charge in [-0.1, -0.05) is 0 Å². The van der Waals surface area contributed by atoms with Gasteiger partial charge in [-0.05, 0) is 44.5 Å². The van der Waals surface area contributed by atoms with E-state index < -0.39 is 0 Å². The molecule has 0 radical (unpaired) electrons. The van der Waals surface area contributed by atoms with Crippen LogP contribution >= 0.6 is 11.8 Å². The molecule has 0 bridgehead atoms. The van der Waals surface area contributed by atoms with Crippen molar-refractivity contribution >= 4 is 17.7 Å². The van der Waals surface area contributed by atoms with Crippen LogP contribution in [0.1, 0.15) is 20.3 Å². The summed E-state index contributed by atoms with van der Waals surface area (Å²) in [5.41, 5.74) is 0. The molecular formula is C15H23NO3S. The Labute approximate surface area is 125 Å². The highest BCUT2D eigenvalue weighted by Gasteiger charge is 2.03. The molecule has 0 unspecified atom stereocenters. The van der Waals surface area contributed by atoms with Gasteiger partial charge in [0.25, 0.3) is 0 Å². The number of hydrogen-bond donors (Lipinski definition) is 1. The van der Waals surface area contributed by atoms with E-state index in [0.717, 1.165) is 17.1 Å². The third-order valence-corrected chi connectivity index (χ3v) is 3.54. The molecule has 1 aromatic carbocycles. The van der Waals surface area contributed by atoms with E-state index in [4.69, 9.17) is 9.47 Å². The number of amides is 1. The van der Waals surface area contributed by atoms with Crippen molar-refractivity contribution in [3.8, 4) is 5.75 Å². The van der Waals surface area contributed by atoms with Gasteiger partial charge in [0.15, 0.2) is 0 Å². The molecule has 0 aliphatic heterocycles. The summed E-state index contributed by atoms with van der Waals surface area (Å²) in [5.74, 6) is 1.30. The smallest absolute Gasteiger partial charge is 0.230 e. The van der Waals surface area contributed by atoms with E-state index in [9.17, 15) is 4.79 Å². The summed E-state index contributed by atoms with van der Waals surface area (Å²) in [6.45, 7) is 5.35. The SMILES string of the molecule is COc1ccc(SCC(=O)NCCCOC(C)C)cc1. The first-order chi connectivity index (χ1) is 9.61. The van der Waals surface area contributed by atoms with Gasteiger partial charge in [0.1, 0.15) is 5.75 Å². The number of nitrogens with one attached hydrogen (secondary N) is 1. The normalized spacial score (nSPS) is 10.6. The molecule has 1 aromatic rings. The molecule has 5 heteroatoms. The zero-order valence-corrected chi connectivity index (χ0v) is 13.2. The Morgan fingerprint density at radius 2 is 2.00 bits per heavy atom. The molecule has 0 aromatic heterocycles. The van der Waals surface area contributed by atoms with Crippen LogP contribution in [-0.4, -0.2) is 38.0 Å². The minimum Gasteiger partial charge on any atom is -0.497 e. The predicted octanol–water partition coefficient (Wildman–Crippen LogP) is 2.72. The Hall–Kier alpha value is -1.20. The zero-order chi connectivity index (χ0) is 14.8. The Morgan fingerprint density at radius 1 is 1.30 bits per heavy atom. The van der Waals surface area contributed by atoms with Crippen molar-refractivity contribution in [1.29, 1.82) is 0 Å². The second kappa shape index (κ2) is 9.66. The Bertz CT molecular complexity index is 393. The van der Waals surface area contributed by atoms with Crippen LogP contribution in [0.5, 0.6) is 5.75 Å². The van der Waals surface area contributed by atoms with Gasteiger partial charge in [-0.2, -0.15) is 0 Å². The number of hydrogen-bond acceptors (Lipinski definition) is 4. The Balaban J connectivity index is 2.13. The monoisotopic (exact) mass is 297 g/mol. The first-order valence-corrected chi connectivity index (χ1v) is 7.75. The van der Waals surface area contributed by atoms with Crippen LogP contribution in [0, 0.1) is 0 Å². The van der Waals surface area contributed by atoms with E-state index in [-0.39, 0.29) is 12.0 Å². The molecule has 0 aliphatic rings. The second-order valence-corrected chi connectivity index (χ2v) is 5.64. The molecular weight excluding hydrogens is 274 g/mol. The van der Waals surface area contributed by atoms with Crippen molar-refractivity contribution in [3.05, 3.63) is 24.3 Å². The lowest BCUT2D eigenvalue weighted by molar-refractivity contribution is -0.118. The molecule has 1 rings (SSSR count). The summed E-state index contributed by atoms with van der Waals surface area (Å²) < 4.78 is 10.5. The van der Waals surface area contributed by atoms with E-state index in [1.807, 2.05) is 38.1 Å². The molecule has 0 saturated carbocycles. The maximum atomic E-state index is 11.6. The van der Waals surface area contributed by atoms with Gasteiger partial charge in [0, 0.05) is 18.0 Å². The third kappa shape index (κ3) is 7.40. The quantitative estimate of drug-likeness (QED) is 0.562. The first-order valence-electron chi connectivity index (χ1n) is 6.77. The average molecular weight is 297 g/mol. The minimum absolute atomic E-state index is 0.0513. The Morgan fingerprint density at radius 3 is 2.60 bits per heavy atom. The fourth-order valence-corrected chi connectivity index (χ4v) is 2.22. The lowest BCUT2D eigenvalue weighted by Crippen LogP contribution is -2.27. The van der Waals surface area contributed by atoms with Crippen molar-refractivity contribution in [1.82, 2.24) is 5.32 Å². The van der Waals surface area contributed by atoms with Crippen LogP contribution in [0.15, 0.2) is 29.2 Å². The number of carbonyl (C=O) groups excluding carboxylic acids is 1. The Kier molecular flexibility index (Phi) is 8.14. The molecule has 0 heterocycles. The fraction of sp³-hybridized carbons (Fsp3) is 0.533. The number of carbonyl (C=O) groups is 1. The number of benzene rings is 1. The molecule has 4 nitrogen and oxygen atoms in total. The van der Waals surface area contributed by atoms with Gasteiger partial charge in [0.05, 0.1) is 19.0 Å². The van der Waals surface area contributed by atoms with Gasteiger partial charge in [-0.25, -0.2) is 0 Å². The van der Waals surface area contributed by atoms with Gasteiger partial charge < -0.3 is 14.8 Å². The summed E-state index contributed by atoms with van der Waals surface area (Å²) >= 11 is 1.52. The van der Waals surface area contributed by atoms with Crippen molar-refractivity contribution < 1.29 is 14.3 Å². The summed E-state index contributed by atoms with van der Waals surface area (Å²) in [6.07, 6.45) is 1.09. The topological polar surface area (TPSA) is 47.6 Å². The van der Waals surface area contributed by atoms with E-state index in [0.29, 0.717) is 18.9 Å². The number of rotatable bonds is 9. The molecule has 1 N–H and O–H groups in total. The van der Waals surface area contributed by atoms with Crippen molar-refractivity contribution in [2.45, 2.75) is 31.3 Å². The lowest BCUT2D eigenvalue weighted by atomic mass is 10.3. The van der Waals surface area contributed by atoms with Crippen molar-refractivity contribution in [3.63, 3.8) is 0 Å².